The van der Waals surface area contributed by atoms with E-state index in [1.165, 1.54) is 0 Å². The molecule has 2 aromatic rings. The smallest absolute Gasteiger partial charge is 0.251 e. The van der Waals surface area contributed by atoms with Crippen LogP contribution in [0.3, 0.4) is 0 Å². The van der Waals surface area contributed by atoms with Crippen molar-refractivity contribution in [2.24, 2.45) is 5.73 Å². The van der Waals surface area contributed by atoms with Gasteiger partial charge in [-0.2, -0.15) is 0 Å². The van der Waals surface area contributed by atoms with Gasteiger partial charge in [-0.05, 0) is 50.1 Å². The van der Waals surface area contributed by atoms with E-state index < -0.39 is 6.04 Å². The van der Waals surface area contributed by atoms with Gasteiger partial charge in [0, 0.05) is 17.3 Å². The van der Waals surface area contributed by atoms with Gasteiger partial charge in [0.15, 0.2) is 0 Å². The van der Waals surface area contributed by atoms with E-state index >= 15 is 0 Å². The first-order chi connectivity index (χ1) is 11.5. The highest BCUT2D eigenvalue weighted by Gasteiger charge is 2.14. The number of hydrogen-bond donors (Lipinski definition) is 3. The van der Waals surface area contributed by atoms with Crippen molar-refractivity contribution in [1.82, 2.24) is 5.32 Å². The maximum absolute atomic E-state index is 12.2. The van der Waals surface area contributed by atoms with Gasteiger partial charge in [-0.3, -0.25) is 9.59 Å². The molecular formula is C19H23N3O2. The number of anilines is 1. The summed E-state index contributed by atoms with van der Waals surface area (Å²) in [6.07, 6.45) is 0.474. The van der Waals surface area contributed by atoms with E-state index in [-0.39, 0.29) is 17.9 Å². The van der Waals surface area contributed by atoms with Crippen LogP contribution in [-0.2, 0) is 11.2 Å². The summed E-state index contributed by atoms with van der Waals surface area (Å²) in [5.41, 5.74) is 8.14. The number of amides is 2. The highest BCUT2D eigenvalue weighted by Crippen LogP contribution is 2.11. The van der Waals surface area contributed by atoms with Gasteiger partial charge in [-0.15, -0.1) is 0 Å². The van der Waals surface area contributed by atoms with Crippen molar-refractivity contribution < 1.29 is 9.59 Å². The average Bonchev–Trinajstić information content (AvgIpc) is 2.55. The van der Waals surface area contributed by atoms with Gasteiger partial charge < -0.3 is 16.4 Å². The minimum atomic E-state index is -0.628. The number of benzene rings is 2. The molecule has 0 spiro atoms. The molecule has 0 saturated heterocycles. The molecule has 2 amide bonds. The molecule has 126 valence electrons. The van der Waals surface area contributed by atoms with E-state index in [0.29, 0.717) is 17.7 Å². The van der Waals surface area contributed by atoms with Crippen LogP contribution in [0.25, 0.3) is 0 Å². The zero-order chi connectivity index (χ0) is 17.5. The molecule has 0 bridgehead atoms. The first kappa shape index (κ1) is 17.7. The fourth-order valence-electron chi connectivity index (χ4n) is 2.25. The lowest BCUT2D eigenvalue weighted by Crippen LogP contribution is -2.37. The number of rotatable bonds is 6. The molecule has 5 nitrogen and oxygen atoms in total. The Labute approximate surface area is 142 Å². The van der Waals surface area contributed by atoms with Gasteiger partial charge in [-0.1, -0.05) is 30.3 Å². The summed E-state index contributed by atoms with van der Waals surface area (Å²) in [5, 5.41) is 5.59. The summed E-state index contributed by atoms with van der Waals surface area (Å²) >= 11 is 0. The number of nitrogens with two attached hydrogens (primary N) is 1. The van der Waals surface area contributed by atoms with Crippen LogP contribution in [0, 0.1) is 0 Å². The van der Waals surface area contributed by atoms with Crippen LogP contribution in [-0.4, -0.2) is 23.9 Å². The largest absolute Gasteiger partial charge is 0.350 e. The summed E-state index contributed by atoms with van der Waals surface area (Å²) in [6, 6.07) is 15.8. The molecular weight excluding hydrogens is 302 g/mol. The molecule has 0 radical (unpaired) electrons. The van der Waals surface area contributed by atoms with Gasteiger partial charge in [0.2, 0.25) is 5.91 Å². The lowest BCUT2D eigenvalue weighted by molar-refractivity contribution is -0.117. The second kappa shape index (κ2) is 8.26. The van der Waals surface area contributed by atoms with E-state index in [1.54, 1.807) is 24.3 Å². The number of carbonyl (C=O) groups is 2. The van der Waals surface area contributed by atoms with Crippen molar-refractivity contribution in [3.8, 4) is 0 Å². The molecule has 24 heavy (non-hydrogen) atoms. The summed E-state index contributed by atoms with van der Waals surface area (Å²) in [5.74, 6) is -0.387. The van der Waals surface area contributed by atoms with Crippen LogP contribution < -0.4 is 16.4 Å². The van der Waals surface area contributed by atoms with E-state index in [0.717, 1.165) is 5.56 Å². The quantitative estimate of drug-likeness (QED) is 0.762. The Morgan fingerprint density at radius 1 is 1.00 bits per heavy atom. The molecule has 0 fully saturated rings. The molecule has 0 aromatic heterocycles. The van der Waals surface area contributed by atoms with Crippen molar-refractivity contribution in [2.45, 2.75) is 32.4 Å². The predicted molar refractivity (Wildman–Crippen MR) is 95.8 cm³/mol. The Morgan fingerprint density at radius 3 is 2.21 bits per heavy atom. The minimum Gasteiger partial charge on any atom is -0.350 e. The van der Waals surface area contributed by atoms with E-state index in [2.05, 4.69) is 10.6 Å². The minimum absolute atomic E-state index is 0.0767. The van der Waals surface area contributed by atoms with Crippen molar-refractivity contribution >= 4 is 17.5 Å². The summed E-state index contributed by atoms with van der Waals surface area (Å²) in [7, 11) is 0. The molecule has 2 aromatic carbocycles. The van der Waals surface area contributed by atoms with Gasteiger partial charge in [0.05, 0.1) is 6.04 Å². The van der Waals surface area contributed by atoms with Crippen LogP contribution in [0.2, 0.25) is 0 Å². The fourth-order valence-corrected chi connectivity index (χ4v) is 2.25. The highest BCUT2D eigenvalue weighted by molar-refractivity contribution is 5.97. The van der Waals surface area contributed by atoms with Gasteiger partial charge in [0.1, 0.15) is 0 Å². The van der Waals surface area contributed by atoms with Gasteiger partial charge >= 0.3 is 0 Å². The summed E-state index contributed by atoms with van der Waals surface area (Å²) < 4.78 is 0. The maximum Gasteiger partial charge on any atom is 0.251 e. The molecule has 4 N–H and O–H groups in total. The second-order valence-electron chi connectivity index (χ2n) is 5.99. The SMILES string of the molecule is CC(C)NC(=O)c1ccc(NC(=O)C(N)Cc2ccccc2)cc1. The second-order valence-corrected chi connectivity index (χ2v) is 5.99. The standard InChI is InChI=1S/C19H23N3O2/c1-13(2)21-18(23)15-8-10-16(11-9-15)22-19(24)17(20)12-14-6-4-3-5-7-14/h3-11,13,17H,12,20H2,1-2H3,(H,21,23)(H,22,24). The molecule has 0 aliphatic rings. The third-order valence-electron chi connectivity index (χ3n) is 3.47. The number of carbonyl (C=O) groups excluding carboxylic acids is 2. The highest BCUT2D eigenvalue weighted by atomic mass is 16.2. The van der Waals surface area contributed by atoms with E-state index in [1.807, 2.05) is 44.2 Å². The maximum atomic E-state index is 12.2. The Kier molecular flexibility index (Phi) is 6.09. The van der Waals surface area contributed by atoms with Crippen LogP contribution in [0.1, 0.15) is 29.8 Å². The van der Waals surface area contributed by atoms with Crippen LogP contribution in [0.15, 0.2) is 54.6 Å². The Morgan fingerprint density at radius 2 is 1.62 bits per heavy atom. The molecule has 1 atom stereocenters. The molecule has 0 aliphatic carbocycles. The normalized spacial score (nSPS) is 11.8. The van der Waals surface area contributed by atoms with Crippen LogP contribution in [0.5, 0.6) is 0 Å². The Balaban J connectivity index is 1.93. The zero-order valence-corrected chi connectivity index (χ0v) is 14.0. The molecule has 0 heterocycles. The van der Waals surface area contributed by atoms with E-state index in [4.69, 9.17) is 5.73 Å². The van der Waals surface area contributed by atoms with Crippen molar-refractivity contribution in [1.29, 1.82) is 0 Å². The first-order valence-corrected chi connectivity index (χ1v) is 7.97. The summed E-state index contributed by atoms with van der Waals surface area (Å²) in [4.78, 5) is 24.0. The molecule has 0 saturated carbocycles. The molecule has 5 heteroatoms. The van der Waals surface area contributed by atoms with Crippen molar-refractivity contribution in [2.75, 3.05) is 5.32 Å². The number of nitrogens with one attached hydrogen (secondary N) is 2. The lowest BCUT2D eigenvalue weighted by Gasteiger charge is -2.13. The summed E-state index contributed by atoms with van der Waals surface area (Å²) in [6.45, 7) is 3.81. The molecule has 2 rings (SSSR count). The molecule has 1 unspecified atom stereocenters. The Hall–Kier alpha value is -2.66. The third-order valence-corrected chi connectivity index (χ3v) is 3.47. The molecule has 0 aliphatic heterocycles. The van der Waals surface area contributed by atoms with E-state index in [9.17, 15) is 9.59 Å². The number of hydrogen-bond acceptors (Lipinski definition) is 3. The Bertz CT molecular complexity index is 682. The lowest BCUT2D eigenvalue weighted by atomic mass is 10.1. The van der Waals surface area contributed by atoms with Crippen LogP contribution in [0.4, 0.5) is 5.69 Å². The van der Waals surface area contributed by atoms with Crippen molar-refractivity contribution in [3.63, 3.8) is 0 Å². The predicted octanol–water partition coefficient (Wildman–Crippen LogP) is 2.33. The third kappa shape index (κ3) is 5.21. The van der Waals surface area contributed by atoms with Gasteiger partial charge in [-0.25, -0.2) is 0 Å². The first-order valence-electron chi connectivity index (χ1n) is 7.97. The monoisotopic (exact) mass is 325 g/mol. The topological polar surface area (TPSA) is 84.2 Å². The van der Waals surface area contributed by atoms with Gasteiger partial charge in [0.25, 0.3) is 5.91 Å². The fraction of sp³-hybridized carbons (Fsp3) is 0.263. The average molecular weight is 325 g/mol. The zero-order valence-electron chi connectivity index (χ0n) is 14.0. The van der Waals surface area contributed by atoms with Crippen molar-refractivity contribution in [3.05, 3.63) is 65.7 Å². The van der Waals surface area contributed by atoms with Crippen LogP contribution >= 0.6 is 0 Å².